The average Bonchev–Trinajstić information content (AvgIpc) is 2.74. The van der Waals surface area contributed by atoms with Crippen molar-refractivity contribution >= 4 is 23.2 Å². The summed E-state index contributed by atoms with van der Waals surface area (Å²) >= 11 is 0. The van der Waals surface area contributed by atoms with E-state index in [1.807, 2.05) is 42.5 Å². The van der Waals surface area contributed by atoms with E-state index in [-0.39, 0.29) is 5.91 Å². The van der Waals surface area contributed by atoms with E-state index >= 15 is 0 Å². The number of carbonyl (C=O) groups excluding carboxylic acids is 2. The molecule has 0 heterocycles. The zero-order chi connectivity index (χ0) is 20.6. The highest BCUT2D eigenvalue weighted by Gasteiger charge is 2.13. The maximum Gasteiger partial charge on any atom is 0.248 e. The van der Waals surface area contributed by atoms with Crippen LogP contribution in [0.15, 0.2) is 78.9 Å². The number of nitrogens with two attached hydrogens (primary N) is 1. The highest BCUT2D eigenvalue weighted by molar-refractivity contribution is 5.96. The first-order valence-corrected chi connectivity index (χ1v) is 9.25. The molecule has 1 atom stereocenters. The van der Waals surface area contributed by atoms with Crippen LogP contribution in [0, 0.1) is 0 Å². The molecule has 148 valence electrons. The number of amides is 2. The van der Waals surface area contributed by atoms with E-state index in [1.54, 1.807) is 43.3 Å². The Bertz CT molecular complexity index is 955. The lowest BCUT2D eigenvalue weighted by atomic mass is 10.2. The molecule has 0 aliphatic carbocycles. The van der Waals surface area contributed by atoms with Crippen molar-refractivity contribution in [2.75, 3.05) is 10.6 Å². The van der Waals surface area contributed by atoms with Crippen LogP contribution in [0.25, 0.3) is 0 Å². The van der Waals surface area contributed by atoms with Crippen LogP contribution in [0.1, 0.15) is 22.8 Å². The number of anilines is 2. The number of carbonyl (C=O) groups is 2. The third kappa shape index (κ3) is 5.84. The summed E-state index contributed by atoms with van der Waals surface area (Å²) in [5.41, 5.74) is 8.14. The van der Waals surface area contributed by atoms with Gasteiger partial charge in [0.25, 0.3) is 0 Å². The first-order chi connectivity index (χ1) is 14.0. The Morgan fingerprint density at radius 1 is 0.897 bits per heavy atom. The molecule has 29 heavy (non-hydrogen) atoms. The summed E-state index contributed by atoms with van der Waals surface area (Å²) in [5.74, 6) is 0.0630. The van der Waals surface area contributed by atoms with E-state index in [4.69, 9.17) is 10.5 Å². The smallest absolute Gasteiger partial charge is 0.248 e. The van der Waals surface area contributed by atoms with Gasteiger partial charge in [0.1, 0.15) is 18.4 Å². The van der Waals surface area contributed by atoms with Gasteiger partial charge in [0.2, 0.25) is 11.8 Å². The van der Waals surface area contributed by atoms with Crippen molar-refractivity contribution in [3.8, 4) is 5.75 Å². The van der Waals surface area contributed by atoms with Crippen molar-refractivity contribution in [2.24, 2.45) is 5.73 Å². The van der Waals surface area contributed by atoms with Gasteiger partial charge in [-0.05, 0) is 61.0 Å². The van der Waals surface area contributed by atoms with Crippen LogP contribution in [0.3, 0.4) is 0 Å². The standard InChI is InChI=1S/C23H23N3O3/c1-16(25-19-9-7-18(8-10-19)22(24)27)23(28)26-20-11-13-21(14-12-20)29-15-17-5-3-2-4-6-17/h2-14,16,25H,15H2,1H3,(H2,24,27)(H,26,28). The fourth-order valence-corrected chi connectivity index (χ4v) is 2.67. The Morgan fingerprint density at radius 3 is 2.14 bits per heavy atom. The lowest BCUT2D eigenvalue weighted by Gasteiger charge is -2.16. The number of rotatable bonds is 8. The SMILES string of the molecule is CC(Nc1ccc(C(N)=O)cc1)C(=O)Nc1ccc(OCc2ccccc2)cc1. The van der Waals surface area contributed by atoms with Gasteiger partial charge in [0.15, 0.2) is 0 Å². The Kier molecular flexibility index (Phi) is 6.47. The van der Waals surface area contributed by atoms with Gasteiger partial charge in [-0.2, -0.15) is 0 Å². The van der Waals surface area contributed by atoms with Gasteiger partial charge in [0.05, 0.1) is 0 Å². The van der Waals surface area contributed by atoms with Gasteiger partial charge in [-0.3, -0.25) is 9.59 Å². The molecular weight excluding hydrogens is 366 g/mol. The fraction of sp³-hybridized carbons (Fsp3) is 0.130. The molecule has 0 aromatic heterocycles. The largest absolute Gasteiger partial charge is 0.489 e. The fourth-order valence-electron chi connectivity index (χ4n) is 2.67. The van der Waals surface area contributed by atoms with Crippen LogP contribution >= 0.6 is 0 Å². The molecule has 0 aliphatic heterocycles. The third-order valence-corrected chi connectivity index (χ3v) is 4.32. The Balaban J connectivity index is 1.51. The molecule has 0 radical (unpaired) electrons. The van der Waals surface area contributed by atoms with Crippen LogP contribution in [0.2, 0.25) is 0 Å². The van der Waals surface area contributed by atoms with E-state index in [0.717, 1.165) is 17.0 Å². The van der Waals surface area contributed by atoms with E-state index in [1.165, 1.54) is 0 Å². The molecule has 0 bridgehead atoms. The number of hydrogen-bond donors (Lipinski definition) is 3. The van der Waals surface area contributed by atoms with Gasteiger partial charge in [-0.1, -0.05) is 30.3 Å². The molecule has 3 aromatic carbocycles. The Labute approximate surface area is 169 Å². The van der Waals surface area contributed by atoms with Crippen LogP contribution in [-0.4, -0.2) is 17.9 Å². The van der Waals surface area contributed by atoms with Gasteiger partial charge in [0, 0.05) is 16.9 Å². The highest BCUT2D eigenvalue weighted by Crippen LogP contribution is 2.18. The van der Waals surface area contributed by atoms with E-state index < -0.39 is 11.9 Å². The van der Waals surface area contributed by atoms with Gasteiger partial charge >= 0.3 is 0 Å². The van der Waals surface area contributed by atoms with Crippen LogP contribution < -0.4 is 21.1 Å². The summed E-state index contributed by atoms with van der Waals surface area (Å²) in [7, 11) is 0. The number of ether oxygens (including phenoxy) is 1. The molecule has 6 nitrogen and oxygen atoms in total. The van der Waals surface area contributed by atoms with Crippen molar-refractivity contribution in [1.29, 1.82) is 0 Å². The van der Waals surface area contributed by atoms with Crippen LogP contribution in [0.5, 0.6) is 5.75 Å². The summed E-state index contributed by atoms with van der Waals surface area (Å²) in [6, 6.07) is 23.3. The topological polar surface area (TPSA) is 93.5 Å². The lowest BCUT2D eigenvalue weighted by molar-refractivity contribution is -0.116. The Morgan fingerprint density at radius 2 is 1.52 bits per heavy atom. The molecule has 1 unspecified atom stereocenters. The van der Waals surface area contributed by atoms with Crippen molar-refractivity contribution < 1.29 is 14.3 Å². The summed E-state index contributed by atoms with van der Waals surface area (Å²) in [5, 5.41) is 5.95. The normalized spacial score (nSPS) is 11.3. The van der Waals surface area contributed by atoms with Crippen molar-refractivity contribution in [3.05, 3.63) is 90.0 Å². The minimum Gasteiger partial charge on any atom is -0.489 e. The van der Waals surface area contributed by atoms with Crippen LogP contribution in [0.4, 0.5) is 11.4 Å². The molecular formula is C23H23N3O3. The third-order valence-electron chi connectivity index (χ3n) is 4.32. The predicted molar refractivity (Wildman–Crippen MR) is 114 cm³/mol. The van der Waals surface area contributed by atoms with Crippen molar-refractivity contribution in [2.45, 2.75) is 19.6 Å². The molecule has 0 spiro atoms. The molecule has 4 N–H and O–H groups in total. The second-order valence-corrected chi connectivity index (χ2v) is 6.60. The maximum absolute atomic E-state index is 12.4. The van der Waals surface area contributed by atoms with Gasteiger partial charge in [-0.15, -0.1) is 0 Å². The average molecular weight is 389 g/mol. The number of primary amides is 1. The molecule has 2 amide bonds. The molecule has 6 heteroatoms. The second kappa shape index (κ2) is 9.41. The molecule has 3 aromatic rings. The monoisotopic (exact) mass is 389 g/mol. The first kappa shape index (κ1) is 19.9. The summed E-state index contributed by atoms with van der Waals surface area (Å²) < 4.78 is 5.75. The number of nitrogens with one attached hydrogen (secondary N) is 2. The predicted octanol–water partition coefficient (Wildman–Crippen LogP) is 3.80. The summed E-state index contributed by atoms with van der Waals surface area (Å²) in [4.78, 5) is 23.5. The van der Waals surface area contributed by atoms with Crippen molar-refractivity contribution in [1.82, 2.24) is 0 Å². The molecule has 0 saturated carbocycles. The highest BCUT2D eigenvalue weighted by atomic mass is 16.5. The maximum atomic E-state index is 12.4. The zero-order valence-electron chi connectivity index (χ0n) is 16.1. The summed E-state index contributed by atoms with van der Waals surface area (Å²) in [6.45, 7) is 2.25. The van der Waals surface area contributed by atoms with Crippen LogP contribution in [-0.2, 0) is 11.4 Å². The first-order valence-electron chi connectivity index (χ1n) is 9.25. The zero-order valence-corrected chi connectivity index (χ0v) is 16.1. The minimum absolute atomic E-state index is 0.179. The quantitative estimate of drug-likeness (QED) is 0.546. The number of hydrogen-bond acceptors (Lipinski definition) is 4. The summed E-state index contributed by atoms with van der Waals surface area (Å²) in [6.07, 6.45) is 0. The molecule has 3 rings (SSSR count). The number of benzene rings is 3. The second-order valence-electron chi connectivity index (χ2n) is 6.60. The minimum atomic E-state index is -0.487. The van der Waals surface area contributed by atoms with Crippen molar-refractivity contribution in [3.63, 3.8) is 0 Å². The van der Waals surface area contributed by atoms with Gasteiger partial charge in [-0.25, -0.2) is 0 Å². The molecule has 0 saturated heterocycles. The molecule has 0 fully saturated rings. The van der Waals surface area contributed by atoms with Gasteiger partial charge < -0.3 is 21.1 Å². The molecule has 0 aliphatic rings. The van der Waals surface area contributed by atoms with E-state index in [9.17, 15) is 9.59 Å². The Hall–Kier alpha value is -3.80. The lowest BCUT2D eigenvalue weighted by Crippen LogP contribution is -2.31. The van der Waals surface area contributed by atoms with E-state index in [0.29, 0.717) is 17.9 Å². The van der Waals surface area contributed by atoms with E-state index in [2.05, 4.69) is 10.6 Å².